The fourth-order valence-corrected chi connectivity index (χ4v) is 3.66. The van der Waals surface area contributed by atoms with Crippen LogP contribution in [0.5, 0.6) is 0 Å². The van der Waals surface area contributed by atoms with Crippen molar-refractivity contribution in [3.8, 4) is 0 Å². The van der Waals surface area contributed by atoms with E-state index in [-0.39, 0.29) is 22.0 Å². The normalized spacial score (nSPS) is 18.1. The number of nitrogens with zero attached hydrogens (tertiary/aromatic N) is 2. The molecule has 1 unspecified atom stereocenters. The van der Waals surface area contributed by atoms with E-state index >= 15 is 0 Å². The first kappa shape index (κ1) is 20.1. The fraction of sp³-hybridized carbons (Fsp3) is 0.0455. The lowest BCUT2D eigenvalue weighted by atomic mass is 9.96. The number of aliphatic hydroxyl groups is 1. The van der Waals surface area contributed by atoms with Crippen LogP contribution in [0, 0.1) is 5.82 Å². The number of pyridine rings is 1. The molecule has 1 aromatic heterocycles. The van der Waals surface area contributed by atoms with Crippen molar-refractivity contribution < 1.29 is 19.1 Å². The lowest BCUT2D eigenvalue weighted by molar-refractivity contribution is -0.132. The molecule has 3 aromatic rings. The van der Waals surface area contributed by atoms with Crippen LogP contribution in [0.3, 0.4) is 0 Å². The number of carbonyl (C=O) groups excluding carboxylic acids is 2. The highest BCUT2D eigenvalue weighted by molar-refractivity contribution is 6.51. The van der Waals surface area contributed by atoms with Crippen molar-refractivity contribution in [1.29, 1.82) is 0 Å². The van der Waals surface area contributed by atoms with Crippen LogP contribution >= 0.6 is 23.2 Å². The Morgan fingerprint density at radius 1 is 1.00 bits per heavy atom. The first-order chi connectivity index (χ1) is 14.4. The molecule has 8 heteroatoms. The number of rotatable bonds is 3. The van der Waals surface area contributed by atoms with Gasteiger partial charge in [-0.25, -0.2) is 4.39 Å². The molecule has 1 fully saturated rings. The number of carbonyl (C=O) groups is 2. The summed E-state index contributed by atoms with van der Waals surface area (Å²) in [6.07, 6.45) is 3.02. The van der Waals surface area contributed by atoms with E-state index in [9.17, 15) is 19.1 Å². The van der Waals surface area contributed by atoms with Gasteiger partial charge in [-0.05, 0) is 60.2 Å². The minimum Gasteiger partial charge on any atom is -0.507 e. The van der Waals surface area contributed by atoms with E-state index in [0.717, 1.165) is 6.07 Å². The first-order valence-corrected chi connectivity index (χ1v) is 9.56. The number of hydrogen-bond donors (Lipinski definition) is 1. The summed E-state index contributed by atoms with van der Waals surface area (Å²) in [5.74, 6) is -2.74. The standard InChI is InChI=1S/C22H13Cl2FN2O3/c23-14-3-1-13(2-4-14)20(28)18-19(12-7-9-26-10-8-12)27(22(30)21(18)29)15-5-6-17(25)16(24)11-15/h1-11,19,28H/b20-18+. The van der Waals surface area contributed by atoms with E-state index in [1.807, 2.05) is 0 Å². The van der Waals surface area contributed by atoms with Crippen molar-refractivity contribution >= 4 is 46.3 Å². The summed E-state index contributed by atoms with van der Waals surface area (Å²) in [5, 5.41) is 11.2. The monoisotopic (exact) mass is 442 g/mol. The maximum absolute atomic E-state index is 13.7. The average Bonchev–Trinajstić information content (AvgIpc) is 3.01. The molecule has 0 aliphatic carbocycles. The molecule has 0 saturated carbocycles. The SMILES string of the molecule is O=C1C(=O)N(c2ccc(F)c(Cl)c2)C(c2ccncc2)/C1=C(\O)c1ccc(Cl)cc1. The Hall–Kier alpha value is -3.22. The van der Waals surface area contributed by atoms with Gasteiger partial charge in [-0.2, -0.15) is 0 Å². The van der Waals surface area contributed by atoms with Crippen molar-refractivity contribution in [2.45, 2.75) is 6.04 Å². The van der Waals surface area contributed by atoms with Crippen LogP contribution in [0.15, 0.2) is 72.6 Å². The second kappa shape index (κ2) is 7.89. The number of hydrogen-bond acceptors (Lipinski definition) is 4. The number of aromatic nitrogens is 1. The Morgan fingerprint density at radius 3 is 2.30 bits per heavy atom. The molecule has 1 atom stereocenters. The van der Waals surface area contributed by atoms with E-state index < -0.39 is 23.5 Å². The second-order valence-electron chi connectivity index (χ2n) is 6.55. The Balaban J connectivity index is 1.94. The van der Waals surface area contributed by atoms with Crippen LogP contribution in [-0.2, 0) is 9.59 Å². The minimum atomic E-state index is -0.954. The lowest BCUT2D eigenvalue weighted by Gasteiger charge is -2.25. The smallest absolute Gasteiger partial charge is 0.300 e. The van der Waals surface area contributed by atoms with E-state index in [1.165, 1.54) is 29.4 Å². The summed E-state index contributed by atoms with van der Waals surface area (Å²) in [5.41, 5.74) is 0.989. The van der Waals surface area contributed by atoms with Gasteiger partial charge in [0.2, 0.25) is 0 Å². The molecule has 30 heavy (non-hydrogen) atoms. The predicted octanol–water partition coefficient (Wildman–Crippen LogP) is 5.15. The second-order valence-corrected chi connectivity index (χ2v) is 7.40. The number of aliphatic hydroxyl groups excluding tert-OH is 1. The van der Waals surface area contributed by atoms with Gasteiger partial charge in [-0.3, -0.25) is 19.5 Å². The van der Waals surface area contributed by atoms with E-state index in [1.54, 1.807) is 36.4 Å². The third-order valence-electron chi connectivity index (χ3n) is 4.77. The quantitative estimate of drug-likeness (QED) is 0.345. The molecule has 1 saturated heterocycles. The summed E-state index contributed by atoms with van der Waals surface area (Å²) in [4.78, 5) is 31.0. The van der Waals surface area contributed by atoms with E-state index in [2.05, 4.69) is 4.98 Å². The molecule has 150 valence electrons. The topological polar surface area (TPSA) is 70.5 Å². The summed E-state index contributed by atoms with van der Waals surface area (Å²) in [6.45, 7) is 0. The number of benzene rings is 2. The molecule has 1 aliphatic rings. The van der Waals surface area contributed by atoms with Gasteiger partial charge < -0.3 is 5.11 Å². The zero-order chi connectivity index (χ0) is 21.4. The average molecular weight is 443 g/mol. The minimum absolute atomic E-state index is 0.103. The molecule has 1 amide bonds. The van der Waals surface area contributed by atoms with Crippen LogP contribution in [0.2, 0.25) is 10.0 Å². The lowest BCUT2D eigenvalue weighted by Crippen LogP contribution is -2.29. The molecule has 0 spiro atoms. The summed E-state index contributed by atoms with van der Waals surface area (Å²) < 4.78 is 13.7. The van der Waals surface area contributed by atoms with Crippen LogP contribution in [0.25, 0.3) is 5.76 Å². The van der Waals surface area contributed by atoms with Crippen molar-refractivity contribution in [3.05, 3.63) is 99.6 Å². The van der Waals surface area contributed by atoms with E-state index in [0.29, 0.717) is 16.1 Å². The van der Waals surface area contributed by atoms with Gasteiger partial charge >= 0.3 is 0 Å². The van der Waals surface area contributed by atoms with Crippen molar-refractivity contribution in [2.24, 2.45) is 0 Å². The van der Waals surface area contributed by atoms with Crippen LogP contribution in [-0.4, -0.2) is 21.8 Å². The largest absolute Gasteiger partial charge is 0.507 e. The maximum atomic E-state index is 13.7. The van der Waals surface area contributed by atoms with Crippen molar-refractivity contribution in [1.82, 2.24) is 4.98 Å². The molecule has 2 aromatic carbocycles. The summed E-state index contributed by atoms with van der Waals surface area (Å²) in [6, 6.07) is 12.2. The van der Waals surface area contributed by atoms with Crippen LogP contribution < -0.4 is 4.90 Å². The molecule has 0 bridgehead atoms. The molecule has 5 nitrogen and oxygen atoms in total. The van der Waals surface area contributed by atoms with Crippen molar-refractivity contribution in [2.75, 3.05) is 4.90 Å². The van der Waals surface area contributed by atoms with Crippen LogP contribution in [0.1, 0.15) is 17.2 Å². The van der Waals surface area contributed by atoms with Gasteiger partial charge in [-0.15, -0.1) is 0 Å². The number of Topliss-reactive ketones (excluding diaryl/α,β-unsaturated/α-hetero) is 1. The number of amides is 1. The molecule has 1 aliphatic heterocycles. The predicted molar refractivity (Wildman–Crippen MR) is 112 cm³/mol. The van der Waals surface area contributed by atoms with E-state index in [4.69, 9.17) is 23.2 Å². The third kappa shape index (κ3) is 3.44. The molecule has 1 N–H and O–H groups in total. The van der Waals surface area contributed by atoms with Gasteiger partial charge in [-0.1, -0.05) is 23.2 Å². The molecule has 4 rings (SSSR count). The Morgan fingerprint density at radius 2 is 1.67 bits per heavy atom. The summed E-state index contributed by atoms with van der Waals surface area (Å²) in [7, 11) is 0. The zero-order valence-electron chi connectivity index (χ0n) is 15.2. The Bertz CT molecular complexity index is 1180. The Kier molecular flexibility index (Phi) is 5.28. The van der Waals surface area contributed by atoms with Crippen molar-refractivity contribution in [3.63, 3.8) is 0 Å². The third-order valence-corrected chi connectivity index (χ3v) is 5.31. The van der Waals surface area contributed by atoms with Gasteiger partial charge in [0.25, 0.3) is 11.7 Å². The zero-order valence-corrected chi connectivity index (χ0v) is 16.7. The van der Waals surface area contributed by atoms with Gasteiger partial charge in [0, 0.05) is 28.7 Å². The van der Waals surface area contributed by atoms with Gasteiger partial charge in [0.1, 0.15) is 11.6 Å². The van der Waals surface area contributed by atoms with Gasteiger partial charge in [0.15, 0.2) is 0 Å². The number of anilines is 1. The summed E-state index contributed by atoms with van der Waals surface area (Å²) >= 11 is 11.8. The highest BCUT2D eigenvalue weighted by Crippen LogP contribution is 2.42. The highest BCUT2D eigenvalue weighted by Gasteiger charge is 2.47. The molecular formula is C22H13Cl2FN2O3. The molecule has 0 radical (unpaired) electrons. The fourth-order valence-electron chi connectivity index (χ4n) is 3.36. The first-order valence-electron chi connectivity index (χ1n) is 8.80. The van der Waals surface area contributed by atoms with Crippen LogP contribution in [0.4, 0.5) is 10.1 Å². The molecule has 2 heterocycles. The number of halogens is 3. The Labute approximate surface area is 181 Å². The number of ketones is 1. The molecular weight excluding hydrogens is 430 g/mol. The van der Waals surface area contributed by atoms with Gasteiger partial charge in [0.05, 0.1) is 16.6 Å². The highest BCUT2D eigenvalue weighted by atomic mass is 35.5. The maximum Gasteiger partial charge on any atom is 0.300 e.